The lowest BCUT2D eigenvalue weighted by Gasteiger charge is -2.15. The second-order valence-corrected chi connectivity index (χ2v) is 5.10. The summed E-state index contributed by atoms with van der Waals surface area (Å²) >= 11 is 0. The molecule has 104 valence electrons. The molecule has 19 heavy (non-hydrogen) atoms. The number of hydrogen-bond donors (Lipinski definition) is 2. The van der Waals surface area contributed by atoms with Gasteiger partial charge in [-0.15, -0.1) is 0 Å². The van der Waals surface area contributed by atoms with E-state index in [4.69, 9.17) is 9.84 Å². The van der Waals surface area contributed by atoms with Gasteiger partial charge in [-0.05, 0) is 19.4 Å². The number of aliphatic hydroxyl groups excluding tert-OH is 1. The summed E-state index contributed by atoms with van der Waals surface area (Å²) in [5.74, 6) is 0.800. The first kappa shape index (κ1) is 13.9. The average molecular weight is 263 g/mol. The van der Waals surface area contributed by atoms with Crippen LogP contribution in [-0.4, -0.2) is 29.8 Å². The summed E-state index contributed by atoms with van der Waals surface area (Å²) in [6.07, 6.45) is 0.786. The number of hydrogen-bond acceptors (Lipinski definition) is 3. The molecule has 1 heterocycles. The zero-order valence-corrected chi connectivity index (χ0v) is 11.6. The number of nitrogens with one attached hydrogen (secondary N) is 1. The standard InChI is InChI=1S/C15H21NO3/c1-4-11(8-17)16-15(18)13-7-5-6-12-9(2)10(3)19-14(12)13/h5-7,9-11,17H,4,8H2,1-3H3,(H,16,18). The number of amides is 1. The van der Waals surface area contributed by atoms with E-state index in [1.165, 1.54) is 0 Å². The molecule has 0 bridgehead atoms. The Kier molecular flexibility index (Phi) is 4.10. The Hall–Kier alpha value is -1.55. The third-order valence-corrected chi connectivity index (χ3v) is 3.84. The third kappa shape index (κ3) is 2.59. The van der Waals surface area contributed by atoms with Crippen LogP contribution in [0.2, 0.25) is 0 Å². The molecule has 0 aromatic heterocycles. The van der Waals surface area contributed by atoms with Gasteiger partial charge in [0, 0.05) is 11.5 Å². The molecule has 1 amide bonds. The summed E-state index contributed by atoms with van der Waals surface area (Å²) in [5, 5.41) is 12.0. The van der Waals surface area contributed by atoms with Crippen molar-refractivity contribution in [3.05, 3.63) is 29.3 Å². The second kappa shape index (κ2) is 5.61. The van der Waals surface area contributed by atoms with Crippen LogP contribution in [0.4, 0.5) is 0 Å². The number of aliphatic hydroxyl groups is 1. The van der Waals surface area contributed by atoms with E-state index in [9.17, 15) is 4.79 Å². The summed E-state index contributed by atoms with van der Waals surface area (Å²) in [7, 11) is 0. The van der Waals surface area contributed by atoms with Crippen LogP contribution in [0.5, 0.6) is 5.75 Å². The number of para-hydroxylation sites is 1. The van der Waals surface area contributed by atoms with Gasteiger partial charge in [0.05, 0.1) is 18.2 Å². The summed E-state index contributed by atoms with van der Waals surface area (Å²) in [5.41, 5.74) is 1.64. The number of ether oxygens (including phenoxy) is 1. The Morgan fingerprint density at radius 3 is 2.84 bits per heavy atom. The van der Waals surface area contributed by atoms with E-state index in [0.29, 0.717) is 23.7 Å². The van der Waals surface area contributed by atoms with Crippen LogP contribution in [0, 0.1) is 0 Å². The molecule has 0 spiro atoms. The molecular formula is C15H21NO3. The summed E-state index contributed by atoms with van der Waals surface area (Å²) in [6, 6.07) is 5.44. The molecule has 2 rings (SSSR count). The predicted octanol–water partition coefficient (Wildman–Crippen LogP) is 2.07. The second-order valence-electron chi connectivity index (χ2n) is 5.10. The molecule has 4 heteroatoms. The van der Waals surface area contributed by atoms with Crippen LogP contribution in [0.3, 0.4) is 0 Å². The SMILES string of the molecule is CCC(CO)NC(=O)c1cccc2c1OC(C)C2C. The van der Waals surface area contributed by atoms with Crippen LogP contribution in [0.15, 0.2) is 18.2 Å². The topological polar surface area (TPSA) is 58.6 Å². The highest BCUT2D eigenvalue weighted by Gasteiger charge is 2.31. The zero-order chi connectivity index (χ0) is 14.0. The van der Waals surface area contributed by atoms with Gasteiger partial charge in [0.25, 0.3) is 5.91 Å². The van der Waals surface area contributed by atoms with Gasteiger partial charge in [0.1, 0.15) is 11.9 Å². The fourth-order valence-electron chi connectivity index (χ4n) is 2.30. The monoisotopic (exact) mass is 263 g/mol. The number of fused-ring (bicyclic) bond motifs is 1. The number of rotatable bonds is 4. The Balaban J connectivity index is 2.25. The molecule has 1 aromatic carbocycles. The first-order valence-corrected chi connectivity index (χ1v) is 6.79. The maximum atomic E-state index is 12.2. The molecule has 1 aliphatic rings. The molecule has 0 aliphatic carbocycles. The highest BCUT2D eigenvalue weighted by molar-refractivity contribution is 5.97. The van der Waals surface area contributed by atoms with Gasteiger partial charge in [0.2, 0.25) is 0 Å². The van der Waals surface area contributed by atoms with Crippen molar-refractivity contribution in [2.45, 2.75) is 45.3 Å². The number of carbonyl (C=O) groups excluding carboxylic acids is 1. The van der Waals surface area contributed by atoms with Crippen molar-refractivity contribution in [1.82, 2.24) is 5.32 Å². The van der Waals surface area contributed by atoms with Gasteiger partial charge in [-0.2, -0.15) is 0 Å². The van der Waals surface area contributed by atoms with Gasteiger partial charge in [-0.3, -0.25) is 4.79 Å². The smallest absolute Gasteiger partial charge is 0.255 e. The molecule has 2 N–H and O–H groups in total. The first-order chi connectivity index (χ1) is 9.08. The summed E-state index contributed by atoms with van der Waals surface area (Å²) in [4.78, 5) is 12.2. The highest BCUT2D eigenvalue weighted by atomic mass is 16.5. The molecule has 0 fully saturated rings. The molecule has 1 aliphatic heterocycles. The fraction of sp³-hybridized carbons (Fsp3) is 0.533. The maximum Gasteiger partial charge on any atom is 0.255 e. The molecule has 0 saturated carbocycles. The van der Waals surface area contributed by atoms with Crippen molar-refractivity contribution < 1.29 is 14.6 Å². The van der Waals surface area contributed by atoms with E-state index < -0.39 is 0 Å². The van der Waals surface area contributed by atoms with Crippen molar-refractivity contribution in [3.8, 4) is 5.75 Å². The first-order valence-electron chi connectivity index (χ1n) is 6.79. The normalized spacial score (nSPS) is 22.5. The Morgan fingerprint density at radius 1 is 1.47 bits per heavy atom. The van der Waals surface area contributed by atoms with E-state index in [2.05, 4.69) is 12.2 Å². The summed E-state index contributed by atoms with van der Waals surface area (Å²) in [6.45, 7) is 5.98. The summed E-state index contributed by atoms with van der Waals surface area (Å²) < 4.78 is 5.80. The lowest BCUT2D eigenvalue weighted by atomic mass is 9.96. The fourth-order valence-corrected chi connectivity index (χ4v) is 2.30. The van der Waals surface area contributed by atoms with E-state index in [0.717, 1.165) is 5.56 Å². The van der Waals surface area contributed by atoms with Gasteiger partial charge in [0.15, 0.2) is 0 Å². The minimum atomic E-state index is -0.209. The van der Waals surface area contributed by atoms with Crippen molar-refractivity contribution in [2.75, 3.05) is 6.61 Å². The Labute approximate surface area is 113 Å². The predicted molar refractivity (Wildman–Crippen MR) is 73.6 cm³/mol. The van der Waals surface area contributed by atoms with E-state index in [-0.39, 0.29) is 24.7 Å². The Bertz CT molecular complexity index is 468. The van der Waals surface area contributed by atoms with Gasteiger partial charge in [-0.25, -0.2) is 0 Å². The largest absolute Gasteiger partial charge is 0.489 e. The average Bonchev–Trinajstić information content (AvgIpc) is 2.71. The van der Waals surface area contributed by atoms with Crippen molar-refractivity contribution in [3.63, 3.8) is 0 Å². The molecule has 4 nitrogen and oxygen atoms in total. The molecule has 3 unspecified atom stereocenters. The van der Waals surface area contributed by atoms with Crippen molar-refractivity contribution in [2.24, 2.45) is 0 Å². The van der Waals surface area contributed by atoms with Crippen LogP contribution >= 0.6 is 0 Å². The molecule has 0 radical (unpaired) electrons. The van der Waals surface area contributed by atoms with Crippen LogP contribution in [0.25, 0.3) is 0 Å². The van der Waals surface area contributed by atoms with E-state index in [1.807, 2.05) is 26.0 Å². The lowest BCUT2D eigenvalue weighted by molar-refractivity contribution is 0.0910. The molecular weight excluding hydrogens is 242 g/mol. The van der Waals surface area contributed by atoms with Gasteiger partial charge < -0.3 is 15.2 Å². The van der Waals surface area contributed by atoms with E-state index in [1.54, 1.807) is 6.07 Å². The van der Waals surface area contributed by atoms with Gasteiger partial charge >= 0.3 is 0 Å². The minimum absolute atomic E-state index is 0.0507. The molecule has 1 aromatic rings. The number of benzene rings is 1. The lowest BCUT2D eigenvalue weighted by Crippen LogP contribution is -2.37. The van der Waals surface area contributed by atoms with Crippen molar-refractivity contribution >= 4 is 5.91 Å². The van der Waals surface area contributed by atoms with Crippen LogP contribution in [0.1, 0.15) is 49.0 Å². The Morgan fingerprint density at radius 2 is 2.21 bits per heavy atom. The third-order valence-electron chi connectivity index (χ3n) is 3.84. The van der Waals surface area contributed by atoms with E-state index >= 15 is 0 Å². The molecule has 3 atom stereocenters. The van der Waals surface area contributed by atoms with Crippen LogP contribution < -0.4 is 10.1 Å². The number of carbonyl (C=O) groups is 1. The zero-order valence-electron chi connectivity index (χ0n) is 11.6. The maximum absolute atomic E-state index is 12.2. The molecule has 0 saturated heterocycles. The highest BCUT2D eigenvalue weighted by Crippen LogP contribution is 2.40. The quantitative estimate of drug-likeness (QED) is 0.874. The van der Waals surface area contributed by atoms with Crippen LogP contribution in [-0.2, 0) is 0 Å². The van der Waals surface area contributed by atoms with Crippen molar-refractivity contribution in [1.29, 1.82) is 0 Å². The minimum Gasteiger partial charge on any atom is -0.489 e. The van der Waals surface area contributed by atoms with Gasteiger partial charge in [-0.1, -0.05) is 26.0 Å².